The Hall–Kier alpha value is -1.35. The van der Waals surface area contributed by atoms with Crippen molar-refractivity contribution < 1.29 is 9.90 Å². The first-order chi connectivity index (χ1) is 8.05. The summed E-state index contributed by atoms with van der Waals surface area (Å²) in [7, 11) is 0. The van der Waals surface area contributed by atoms with Gasteiger partial charge in [0.15, 0.2) is 0 Å². The molecular weight excluding hydrogens is 214 g/mol. The minimum Gasteiger partial charge on any atom is -0.386 e. The highest BCUT2D eigenvalue weighted by molar-refractivity contribution is 5.95. The topological polar surface area (TPSA) is 40.5 Å². The quantitative estimate of drug-likeness (QED) is 0.793. The number of hydrogen-bond acceptors (Lipinski definition) is 2. The van der Waals surface area contributed by atoms with Gasteiger partial charge >= 0.3 is 0 Å². The smallest absolute Gasteiger partial charge is 0.254 e. The lowest BCUT2D eigenvalue weighted by molar-refractivity contribution is -0.0668. The van der Waals surface area contributed by atoms with Crippen LogP contribution < -0.4 is 0 Å². The van der Waals surface area contributed by atoms with Gasteiger partial charge in [0.05, 0.1) is 18.7 Å². The van der Waals surface area contributed by atoms with Gasteiger partial charge in [-0.1, -0.05) is 6.07 Å². The zero-order chi connectivity index (χ0) is 12.0. The summed E-state index contributed by atoms with van der Waals surface area (Å²) in [5.74, 6) is 0.0474. The SMILES string of the molecule is CC1(O)CN(C(=O)c2ccc3c(c2)CCC3)C1. The number of benzene rings is 1. The van der Waals surface area contributed by atoms with Gasteiger partial charge in [0.1, 0.15) is 0 Å². The van der Waals surface area contributed by atoms with Gasteiger partial charge in [-0.15, -0.1) is 0 Å². The second-order valence-corrected chi connectivity index (χ2v) is 5.50. The molecule has 3 heteroatoms. The lowest BCUT2D eigenvalue weighted by Crippen LogP contribution is -2.61. The Bertz CT molecular complexity index is 471. The Morgan fingerprint density at radius 2 is 2.00 bits per heavy atom. The average Bonchev–Trinajstić information content (AvgIpc) is 2.71. The fourth-order valence-corrected chi connectivity index (χ4v) is 2.81. The zero-order valence-corrected chi connectivity index (χ0v) is 10.1. The summed E-state index contributed by atoms with van der Waals surface area (Å²) in [6.07, 6.45) is 3.43. The normalized spacial score (nSPS) is 20.9. The Labute approximate surface area is 101 Å². The van der Waals surface area contributed by atoms with Gasteiger partial charge in [0.25, 0.3) is 5.91 Å². The number of likely N-dealkylation sites (tertiary alicyclic amines) is 1. The Kier molecular flexibility index (Phi) is 2.26. The minimum absolute atomic E-state index is 0.0474. The Morgan fingerprint density at radius 3 is 2.71 bits per heavy atom. The van der Waals surface area contributed by atoms with Crippen LogP contribution in [-0.2, 0) is 12.8 Å². The van der Waals surface area contributed by atoms with Crippen LogP contribution in [-0.4, -0.2) is 34.6 Å². The van der Waals surface area contributed by atoms with E-state index < -0.39 is 5.60 Å². The molecule has 1 fully saturated rings. The summed E-state index contributed by atoms with van der Waals surface area (Å²) in [4.78, 5) is 13.8. The predicted molar refractivity (Wildman–Crippen MR) is 65.0 cm³/mol. The van der Waals surface area contributed by atoms with Crippen LogP contribution in [0.3, 0.4) is 0 Å². The molecule has 1 aromatic carbocycles. The lowest BCUT2D eigenvalue weighted by atomic mass is 9.95. The first kappa shape index (κ1) is 10.8. The summed E-state index contributed by atoms with van der Waals surface area (Å²) < 4.78 is 0. The third kappa shape index (κ3) is 1.84. The van der Waals surface area contributed by atoms with Gasteiger partial charge in [0, 0.05) is 5.56 Å². The molecule has 0 atom stereocenters. The van der Waals surface area contributed by atoms with Crippen LogP contribution in [0, 0.1) is 0 Å². The van der Waals surface area contributed by atoms with Gasteiger partial charge in [-0.25, -0.2) is 0 Å². The largest absolute Gasteiger partial charge is 0.386 e. The molecule has 2 aliphatic rings. The third-order valence-corrected chi connectivity index (χ3v) is 3.70. The van der Waals surface area contributed by atoms with Crippen molar-refractivity contribution in [1.29, 1.82) is 0 Å². The van der Waals surface area contributed by atoms with E-state index >= 15 is 0 Å². The molecule has 0 saturated carbocycles. The minimum atomic E-state index is -0.688. The zero-order valence-electron chi connectivity index (χ0n) is 10.1. The van der Waals surface area contributed by atoms with Crippen molar-refractivity contribution in [1.82, 2.24) is 4.90 Å². The lowest BCUT2D eigenvalue weighted by Gasteiger charge is -2.44. The summed E-state index contributed by atoms with van der Waals surface area (Å²) in [6.45, 7) is 2.66. The molecule has 90 valence electrons. The van der Waals surface area contributed by atoms with E-state index in [1.165, 1.54) is 17.5 Å². The van der Waals surface area contributed by atoms with E-state index in [4.69, 9.17) is 0 Å². The maximum absolute atomic E-state index is 12.1. The number of fused-ring (bicyclic) bond motifs is 1. The van der Waals surface area contributed by atoms with Gasteiger partial charge in [0.2, 0.25) is 0 Å². The Morgan fingerprint density at radius 1 is 1.29 bits per heavy atom. The molecule has 1 aliphatic heterocycles. The molecule has 1 saturated heterocycles. The molecule has 0 unspecified atom stereocenters. The van der Waals surface area contributed by atoms with Crippen molar-refractivity contribution in [3.63, 3.8) is 0 Å². The molecule has 1 aromatic rings. The van der Waals surface area contributed by atoms with Crippen LogP contribution in [0.1, 0.15) is 34.8 Å². The molecule has 0 aromatic heterocycles. The molecular formula is C14H17NO2. The van der Waals surface area contributed by atoms with E-state index in [0.29, 0.717) is 13.1 Å². The molecule has 17 heavy (non-hydrogen) atoms. The molecule has 3 rings (SSSR count). The van der Waals surface area contributed by atoms with E-state index in [1.807, 2.05) is 12.1 Å². The maximum Gasteiger partial charge on any atom is 0.254 e. The van der Waals surface area contributed by atoms with E-state index in [-0.39, 0.29) is 5.91 Å². The number of hydrogen-bond donors (Lipinski definition) is 1. The first-order valence-electron chi connectivity index (χ1n) is 6.19. The van der Waals surface area contributed by atoms with Crippen molar-refractivity contribution in [2.75, 3.05) is 13.1 Å². The average molecular weight is 231 g/mol. The highest BCUT2D eigenvalue weighted by Gasteiger charge is 2.39. The molecule has 1 aliphatic carbocycles. The van der Waals surface area contributed by atoms with E-state index in [9.17, 15) is 9.90 Å². The summed E-state index contributed by atoms with van der Waals surface area (Å²) in [5, 5.41) is 9.64. The van der Waals surface area contributed by atoms with Crippen LogP contribution in [0.25, 0.3) is 0 Å². The monoisotopic (exact) mass is 231 g/mol. The number of aryl methyl sites for hydroxylation is 2. The highest BCUT2D eigenvalue weighted by Crippen LogP contribution is 2.26. The first-order valence-corrected chi connectivity index (χ1v) is 6.19. The van der Waals surface area contributed by atoms with Gasteiger partial charge < -0.3 is 10.0 Å². The second-order valence-electron chi connectivity index (χ2n) is 5.50. The van der Waals surface area contributed by atoms with Crippen molar-refractivity contribution in [3.05, 3.63) is 34.9 Å². The van der Waals surface area contributed by atoms with Crippen LogP contribution in [0.5, 0.6) is 0 Å². The predicted octanol–water partition coefficient (Wildman–Crippen LogP) is 1.38. The Balaban J connectivity index is 1.79. The molecule has 1 amide bonds. The fourth-order valence-electron chi connectivity index (χ4n) is 2.81. The van der Waals surface area contributed by atoms with E-state index in [0.717, 1.165) is 18.4 Å². The molecule has 3 nitrogen and oxygen atoms in total. The van der Waals surface area contributed by atoms with Crippen LogP contribution >= 0.6 is 0 Å². The summed E-state index contributed by atoms with van der Waals surface area (Å²) >= 11 is 0. The molecule has 0 radical (unpaired) electrons. The van der Waals surface area contributed by atoms with E-state index in [2.05, 4.69) is 6.07 Å². The van der Waals surface area contributed by atoms with Crippen LogP contribution in [0.4, 0.5) is 0 Å². The van der Waals surface area contributed by atoms with Crippen molar-refractivity contribution in [2.45, 2.75) is 31.8 Å². The van der Waals surface area contributed by atoms with Gasteiger partial charge in [-0.2, -0.15) is 0 Å². The second kappa shape index (κ2) is 3.57. The number of aliphatic hydroxyl groups is 1. The molecule has 1 N–H and O–H groups in total. The summed E-state index contributed by atoms with van der Waals surface area (Å²) in [5.41, 5.74) is 2.79. The number of nitrogens with zero attached hydrogens (tertiary/aromatic N) is 1. The third-order valence-electron chi connectivity index (χ3n) is 3.70. The standard InChI is InChI=1S/C14H17NO2/c1-14(17)8-15(9-14)13(16)12-6-5-10-3-2-4-11(10)7-12/h5-7,17H,2-4,8-9H2,1H3. The van der Waals surface area contributed by atoms with Crippen molar-refractivity contribution in [2.24, 2.45) is 0 Å². The number of β-amino-alcohol motifs (C(OH)–C–C–N with tert-alkyl or cyclic N) is 1. The highest BCUT2D eigenvalue weighted by atomic mass is 16.3. The molecule has 0 spiro atoms. The number of rotatable bonds is 1. The van der Waals surface area contributed by atoms with E-state index in [1.54, 1.807) is 11.8 Å². The molecule has 1 heterocycles. The number of amides is 1. The fraction of sp³-hybridized carbons (Fsp3) is 0.500. The van der Waals surface area contributed by atoms with Crippen molar-refractivity contribution >= 4 is 5.91 Å². The van der Waals surface area contributed by atoms with Crippen molar-refractivity contribution in [3.8, 4) is 0 Å². The number of carbonyl (C=O) groups excluding carboxylic acids is 1. The van der Waals surface area contributed by atoms with Gasteiger partial charge in [-0.05, 0) is 49.4 Å². The maximum atomic E-state index is 12.1. The van der Waals surface area contributed by atoms with Crippen LogP contribution in [0.15, 0.2) is 18.2 Å². The number of carbonyl (C=O) groups is 1. The van der Waals surface area contributed by atoms with Crippen LogP contribution in [0.2, 0.25) is 0 Å². The summed E-state index contributed by atoms with van der Waals surface area (Å²) in [6, 6.07) is 6.02. The van der Waals surface area contributed by atoms with Gasteiger partial charge in [-0.3, -0.25) is 4.79 Å². The molecule has 0 bridgehead atoms.